The van der Waals surface area contributed by atoms with Gasteiger partial charge in [-0.05, 0) is 30.4 Å². The second-order valence-corrected chi connectivity index (χ2v) is 5.86. The molecule has 3 rings (SSSR count). The van der Waals surface area contributed by atoms with Crippen molar-refractivity contribution in [1.29, 1.82) is 0 Å². The van der Waals surface area contributed by atoms with Gasteiger partial charge >= 0.3 is 6.03 Å². The molecule has 2 aliphatic rings. The molecule has 1 atom stereocenters. The molecule has 2 saturated heterocycles. The molecular formula is C14H14N2O4S. The summed E-state index contributed by atoms with van der Waals surface area (Å²) in [6, 6.07) is 2.96. The second-order valence-electron chi connectivity index (χ2n) is 4.88. The Hall–Kier alpha value is -1.99. The molecule has 1 aromatic heterocycles. The largest absolute Gasteiger partial charge is 0.376 e. The van der Waals surface area contributed by atoms with Crippen molar-refractivity contribution in [2.45, 2.75) is 18.9 Å². The Morgan fingerprint density at radius 1 is 1.43 bits per heavy atom. The Kier molecular flexibility index (Phi) is 3.85. The number of amides is 4. The predicted molar refractivity (Wildman–Crippen MR) is 76.5 cm³/mol. The zero-order valence-electron chi connectivity index (χ0n) is 11.2. The van der Waals surface area contributed by atoms with Crippen LogP contribution in [0.1, 0.15) is 17.7 Å². The molecule has 7 heteroatoms. The number of nitrogens with zero attached hydrogens (tertiary/aromatic N) is 1. The zero-order valence-corrected chi connectivity index (χ0v) is 12.0. The number of imide groups is 2. The Morgan fingerprint density at radius 3 is 2.95 bits per heavy atom. The first-order valence-corrected chi connectivity index (χ1v) is 7.57. The van der Waals surface area contributed by atoms with E-state index in [9.17, 15) is 14.4 Å². The van der Waals surface area contributed by atoms with Gasteiger partial charge in [-0.2, -0.15) is 0 Å². The summed E-state index contributed by atoms with van der Waals surface area (Å²) in [5.74, 6) is -1.21. The molecule has 2 aliphatic heterocycles. The number of carbonyl (C=O) groups excluding carboxylic acids is 3. The summed E-state index contributed by atoms with van der Waals surface area (Å²) in [4.78, 5) is 37.9. The molecule has 110 valence electrons. The fraction of sp³-hybridized carbons (Fsp3) is 0.357. The smallest absolute Gasteiger partial charge is 0.331 e. The maximum atomic E-state index is 12.4. The highest BCUT2D eigenvalue weighted by Gasteiger charge is 2.37. The van der Waals surface area contributed by atoms with Gasteiger partial charge in [0.1, 0.15) is 5.57 Å². The Bertz CT molecular complexity index is 603. The number of ether oxygens (including phenoxy) is 1. The number of thiophene rings is 1. The number of nitrogens with one attached hydrogen (secondary N) is 1. The maximum Gasteiger partial charge on any atom is 0.331 e. The van der Waals surface area contributed by atoms with E-state index in [4.69, 9.17) is 4.74 Å². The van der Waals surface area contributed by atoms with Gasteiger partial charge in [0.2, 0.25) is 0 Å². The third-order valence-electron chi connectivity index (χ3n) is 3.43. The molecule has 0 bridgehead atoms. The molecule has 1 aromatic rings. The van der Waals surface area contributed by atoms with E-state index in [2.05, 4.69) is 5.32 Å². The molecule has 1 N–H and O–H groups in total. The van der Waals surface area contributed by atoms with Crippen molar-refractivity contribution in [3.05, 3.63) is 28.0 Å². The molecule has 0 aliphatic carbocycles. The second kappa shape index (κ2) is 5.79. The lowest BCUT2D eigenvalue weighted by Gasteiger charge is -2.28. The molecule has 2 fully saturated rings. The van der Waals surface area contributed by atoms with Crippen LogP contribution >= 0.6 is 11.3 Å². The monoisotopic (exact) mass is 306 g/mol. The van der Waals surface area contributed by atoms with E-state index < -0.39 is 17.8 Å². The summed E-state index contributed by atoms with van der Waals surface area (Å²) in [6.45, 7) is 0.824. The van der Waals surface area contributed by atoms with Crippen LogP contribution in [0, 0.1) is 0 Å². The van der Waals surface area contributed by atoms with Crippen molar-refractivity contribution in [1.82, 2.24) is 10.2 Å². The van der Waals surface area contributed by atoms with Crippen LogP contribution in [0.25, 0.3) is 6.08 Å². The van der Waals surface area contributed by atoms with Gasteiger partial charge in [0.25, 0.3) is 11.8 Å². The van der Waals surface area contributed by atoms with Crippen LogP contribution in [0.4, 0.5) is 4.79 Å². The molecule has 4 amide bonds. The summed E-state index contributed by atoms with van der Waals surface area (Å²) in [6.07, 6.45) is 3.10. The first-order valence-electron chi connectivity index (χ1n) is 6.69. The SMILES string of the molecule is O=C1NC(=O)N(C[C@H]2CCCO2)C(=O)/C1=C/c1cccs1. The molecule has 6 nitrogen and oxygen atoms in total. The standard InChI is InChI=1S/C14H14N2O4S/c17-12-11(7-10-4-2-6-21-10)13(18)16(14(19)15-12)8-9-3-1-5-20-9/h2,4,6-7,9H,1,3,5,8H2,(H,15,17,19)/b11-7+/t9-/m1/s1. The summed E-state index contributed by atoms with van der Waals surface area (Å²) in [5.41, 5.74) is -0.0185. The average molecular weight is 306 g/mol. The molecule has 3 heterocycles. The molecular weight excluding hydrogens is 292 g/mol. The third-order valence-corrected chi connectivity index (χ3v) is 4.25. The number of barbiturate groups is 1. The Morgan fingerprint density at radius 2 is 2.29 bits per heavy atom. The normalized spacial score (nSPS) is 24.8. The molecule has 0 spiro atoms. The van der Waals surface area contributed by atoms with Gasteiger partial charge in [-0.3, -0.25) is 19.8 Å². The first kappa shape index (κ1) is 14.0. The van der Waals surface area contributed by atoms with Crippen molar-refractivity contribution in [3.8, 4) is 0 Å². The van der Waals surface area contributed by atoms with Crippen LogP contribution in [-0.2, 0) is 14.3 Å². The lowest BCUT2D eigenvalue weighted by molar-refractivity contribution is -0.131. The van der Waals surface area contributed by atoms with E-state index in [1.807, 2.05) is 11.4 Å². The van der Waals surface area contributed by atoms with Crippen LogP contribution < -0.4 is 5.32 Å². The quantitative estimate of drug-likeness (QED) is 0.676. The summed E-state index contributed by atoms with van der Waals surface area (Å²) < 4.78 is 5.44. The summed E-state index contributed by atoms with van der Waals surface area (Å²) in [5, 5.41) is 4.06. The molecule has 0 unspecified atom stereocenters. The highest BCUT2D eigenvalue weighted by molar-refractivity contribution is 7.10. The van der Waals surface area contributed by atoms with Gasteiger partial charge in [-0.15, -0.1) is 11.3 Å². The van der Waals surface area contributed by atoms with Crippen molar-refractivity contribution in [2.75, 3.05) is 13.2 Å². The maximum absolute atomic E-state index is 12.4. The Labute approximate surface area is 125 Å². The summed E-state index contributed by atoms with van der Waals surface area (Å²) in [7, 11) is 0. The van der Waals surface area contributed by atoms with Crippen LogP contribution in [0.2, 0.25) is 0 Å². The van der Waals surface area contributed by atoms with Gasteiger partial charge in [0.05, 0.1) is 12.6 Å². The highest BCUT2D eigenvalue weighted by Crippen LogP contribution is 2.20. The van der Waals surface area contributed by atoms with Crippen LogP contribution in [-0.4, -0.2) is 42.0 Å². The lowest BCUT2D eigenvalue weighted by Crippen LogP contribution is -2.55. The fourth-order valence-electron chi connectivity index (χ4n) is 2.37. The third kappa shape index (κ3) is 2.88. The summed E-state index contributed by atoms with van der Waals surface area (Å²) >= 11 is 1.42. The molecule has 0 saturated carbocycles. The van der Waals surface area contributed by atoms with Gasteiger partial charge < -0.3 is 4.74 Å². The minimum Gasteiger partial charge on any atom is -0.376 e. The average Bonchev–Trinajstić information content (AvgIpc) is 3.13. The van der Waals surface area contributed by atoms with E-state index in [0.29, 0.717) is 6.61 Å². The van der Waals surface area contributed by atoms with Gasteiger partial charge in [-0.25, -0.2) is 4.79 Å². The van der Waals surface area contributed by atoms with E-state index >= 15 is 0 Å². The van der Waals surface area contributed by atoms with E-state index in [-0.39, 0.29) is 18.2 Å². The van der Waals surface area contributed by atoms with Crippen molar-refractivity contribution >= 4 is 35.3 Å². The number of hydrogen-bond donors (Lipinski definition) is 1. The van der Waals surface area contributed by atoms with E-state index in [1.54, 1.807) is 6.07 Å². The van der Waals surface area contributed by atoms with Crippen molar-refractivity contribution in [2.24, 2.45) is 0 Å². The van der Waals surface area contributed by atoms with Crippen LogP contribution in [0.5, 0.6) is 0 Å². The van der Waals surface area contributed by atoms with Gasteiger partial charge in [0.15, 0.2) is 0 Å². The zero-order chi connectivity index (χ0) is 14.8. The first-order chi connectivity index (χ1) is 10.1. The topological polar surface area (TPSA) is 75.7 Å². The number of hydrogen-bond acceptors (Lipinski definition) is 5. The highest BCUT2D eigenvalue weighted by atomic mass is 32.1. The molecule has 0 aromatic carbocycles. The van der Waals surface area contributed by atoms with Crippen LogP contribution in [0.15, 0.2) is 23.1 Å². The predicted octanol–water partition coefficient (Wildman–Crippen LogP) is 1.39. The number of carbonyl (C=O) groups is 3. The van der Waals surface area contributed by atoms with Crippen LogP contribution in [0.3, 0.4) is 0 Å². The van der Waals surface area contributed by atoms with E-state index in [0.717, 1.165) is 22.6 Å². The lowest BCUT2D eigenvalue weighted by atomic mass is 10.1. The molecule has 0 radical (unpaired) electrons. The van der Waals surface area contributed by atoms with Crippen molar-refractivity contribution < 1.29 is 19.1 Å². The minimum atomic E-state index is -0.677. The van der Waals surface area contributed by atoms with E-state index in [1.165, 1.54) is 17.4 Å². The number of urea groups is 1. The van der Waals surface area contributed by atoms with Crippen molar-refractivity contribution in [3.63, 3.8) is 0 Å². The molecule has 21 heavy (non-hydrogen) atoms. The van der Waals surface area contributed by atoms with Gasteiger partial charge in [0, 0.05) is 11.5 Å². The Balaban J connectivity index is 1.82. The number of rotatable bonds is 3. The van der Waals surface area contributed by atoms with Gasteiger partial charge in [-0.1, -0.05) is 6.07 Å². The minimum absolute atomic E-state index is 0.0185. The fourth-order valence-corrected chi connectivity index (χ4v) is 3.02.